The minimum absolute atomic E-state index is 0.0891. The van der Waals surface area contributed by atoms with Crippen molar-refractivity contribution in [2.45, 2.75) is 13.5 Å². The number of azide groups is 1. The summed E-state index contributed by atoms with van der Waals surface area (Å²) in [4.78, 5) is 2.58. The van der Waals surface area contributed by atoms with Gasteiger partial charge >= 0.3 is 6.61 Å². The van der Waals surface area contributed by atoms with Crippen molar-refractivity contribution in [3.63, 3.8) is 0 Å². The van der Waals surface area contributed by atoms with Gasteiger partial charge < -0.3 is 9.47 Å². The summed E-state index contributed by atoms with van der Waals surface area (Å²) in [5.41, 5.74) is 8.49. The molecule has 1 rings (SSSR count). The molecular formula is C9H9F2N3O2. The molecule has 16 heavy (non-hydrogen) atoms. The Kier molecular flexibility index (Phi) is 4.35. The lowest BCUT2D eigenvalue weighted by atomic mass is 10.3. The number of nitrogens with zero attached hydrogens (tertiary/aromatic N) is 3. The highest BCUT2D eigenvalue weighted by Crippen LogP contribution is 2.32. The molecule has 0 aromatic heterocycles. The van der Waals surface area contributed by atoms with Crippen LogP contribution in [0.15, 0.2) is 23.3 Å². The van der Waals surface area contributed by atoms with Crippen LogP contribution in [-0.4, -0.2) is 13.2 Å². The molecule has 5 nitrogen and oxygen atoms in total. The number of hydrogen-bond donors (Lipinski definition) is 0. The minimum Gasteiger partial charge on any atom is -0.490 e. The second kappa shape index (κ2) is 5.77. The molecule has 1 aromatic rings. The van der Waals surface area contributed by atoms with Gasteiger partial charge in [-0.3, -0.25) is 0 Å². The lowest BCUT2D eigenvalue weighted by Crippen LogP contribution is -2.04. The zero-order valence-corrected chi connectivity index (χ0v) is 8.43. The summed E-state index contributed by atoms with van der Waals surface area (Å²) in [7, 11) is 0. The van der Waals surface area contributed by atoms with Gasteiger partial charge in [0, 0.05) is 10.6 Å². The van der Waals surface area contributed by atoms with Gasteiger partial charge in [-0.25, -0.2) is 0 Å². The third-order valence-electron chi connectivity index (χ3n) is 1.60. The average Bonchev–Trinajstić information content (AvgIpc) is 2.22. The highest BCUT2D eigenvalue weighted by molar-refractivity contribution is 5.51. The quantitative estimate of drug-likeness (QED) is 0.439. The van der Waals surface area contributed by atoms with Crippen molar-refractivity contribution in [2.75, 3.05) is 6.61 Å². The first-order valence-electron chi connectivity index (χ1n) is 4.44. The van der Waals surface area contributed by atoms with Crippen molar-refractivity contribution in [1.29, 1.82) is 0 Å². The Balaban J connectivity index is 3.03. The fraction of sp³-hybridized carbons (Fsp3) is 0.333. The molecule has 0 radical (unpaired) electrons. The Hall–Kier alpha value is -2.01. The molecule has 1 aromatic carbocycles. The van der Waals surface area contributed by atoms with Crippen LogP contribution in [0.2, 0.25) is 0 Å². The summed E-state index contributed by atoms with van der Waals surface area (Å²) in [5.74, 6) is 0.0291. The van der Waals surface area contributed by atoms with E-state index in [-0.39, 0.29) is 17.2 Å². The van der Waals surface area contributed by atoms with Crippen LogP contribution >= 0.6 is 0 Å². The SMILES string of the molecule is CCOc1cc(N=[N+]=[N-])ccc1OC(F)F. The van der Waals surface area contributed by atoms with Crippen molar-refractivity contribution in [3.05, 3.63) is 28.6 Å². The van der Waals surface area contributed by atoms with Crippen molar-refractivity contribution < 1.29 is 18.3 Å². The van der Waals surface area contributed by atoms with E-state index in [1.54, 1.807) is 6.92 Å². The molecule has 86 valence electrons. The fourth-order valence-corrected chi connectivity index (χ4v) is 1.07. The Bertz CT molecular complexity index is 406. The van der Waals surface area contributed by atoms with Crippen LogP contribution in [0.5, 0.6) is 11.5 Å². The van der Waals surface area contributed by atoms with E-state index in [1.807, 2.05) is 0 Å². The van der Waals surface area contributed by atoms with Gasteiger partial charge in [0.25, 0.3) is 0 Å². The van der Waals surface area contributed by atoms with Crippen LogP contribution in [0, 0.1) is 0 Å². The predicted octanol–water partition coefficient (Wildman–Crippen LogP) is 3.63. The zero-order chi connectivity index (χ0) is 12.0. The van der Waals surface area contributed by atoms with E-state index in [0.717, 1.165) is 0 Å². The zero-order valence-electron chi connectivity index (χ0n) is 8.43. The third kappa shape index (κ3) is 3.29. The Morgan fingerprint density at radius 2 is 2.19 bits per heavy atom. The molecule has 0 amide bonds. The summed E-state index contributed by atoms with van der Waals surface area (Å²) in [5, 5.41) is 3.33. The normalized spacial score (nSPS) is 9.75. The van der Waals surface area contributed by atoms with Gasteiger partial charge in [-0.15, -0.1) is 0 Å². The highest BCUT2D eigenvalue weighted by atomic mass is 19.3. The number of halogens is 2. The summed E-state index contributed by atoms with van der Waals surface area (Å²) >= 11 is 0. The van der Waals surface area contributed by atoms with Gasteiger partial charge in [-0.05, 0) is 30.7 Å². The van der Waals surface area contributed by atoms with Gasteiger partial charge in [0.05, 0.1) is 6.61 Å². The van der Waals surface area contributed by atoms with E-state index < -0.39 is 6.61 Å². The number of ether oxygens (including phenoxy) is 2. The molecule has 0 unspecified atom stereocenters. The Morgan fingerprint density at radius 1 is 1.44 bits per heavy atom. The molecule has 0 N–H and O–H groups in total. The van der Waals surface area contributed by atoms with E-state index in [2.05, 4.69) is 14.8 Å². The Labute approximate surface area is 90.2 Å². The molecular weight excluding hydrogens is 220 g/mol. The summed E-state index contributed by atoms with van der Waals surface area (Å²) in [6.07, 6.45) is 0. The molecule has 0 aliphatic carbocycles. The maximum atomic E-state index is 12.0. The fourth-order valence-electron chi connectivity index (χ4n) is 1.07. The van der Waals surface area contributed by atoms with Crippen LogP contribution in [-0.2, 0) is 0 Å². The van der Waals surface area contributed by atoms with E-state index in [0.29, 0.717) is 6.61 Å². The lowest BCUT2D eigenvalue weighted by Gasteiger charge is -2.11. The molecule has 0 fully saturated rings. The second-order valence-corrected chi connectivity index (χ2v) is 2.63. The van der Waals surface area contributed by atoms with E-state index in [1.165, 1.54) is 18.2 Å². The van der Waals surface area contributed by atoms with Gasteiger partial charge in [-0.1, -0.05) is 5.11 Å². The van der Waals surface area contributed by atoms with Crippen molar-refractivity contribution in [3.8, 4) is 11.5 Å². The summed E-state index contributed by atoms with van der Waals surface area (Å²) in [6, 6.07) is 3.96. The largest absolute Gasteiger partial charge is 0.490 e. The molecule has 0 saturated carbocycles. The maximum absolute atomic E-state index is 12.0. The molecule has 0 spiro atoms. The van der Waals surface area contributed by atoms with Crippen LogP contribution in [0.25, 0.3) is 10.4 Å². The first kappa shape index (κ1) is 12.1. The number of alkyl halides is 2. The average molecular weight is 229 g/mol. The Morgan fingerprint density at radius 3 is 2.75 bits per heavy atom. The number of rotatable bonds is 5. The maximum Gasteiger partial charge on any atom is 0.387 e. The molecule has 0 aliphatic heterocycles. The van der Waals surface area contributed by atoms with Gasteiger partial charge in [0.2, 0.25) is 0 Å². The van der Waals surface area contributed by atoms with Crippen molar-refractivity contribution >= 4 is 5.69 Å². The van der Waals surface area contributed by atoms with Crippen LogP contribution in [0.1, 0.15) is 6.92 Å². The highest BCUT2D eigenvalue weighted by Gasteiger charge is 2.10. The molecule has 0 saturated heterocycles. The molecule has 0 atom stereocenters. The first-order valence-corrected chi connectivity index (χ1v) is 4.44. The van der Waals surface area contributed by atoms with Crippen molar-refractivity contribution in [1.82, 2.24) is 0 Å². The molecule has 7 heteroatoms. The standard InChI is InChI=1S/C9H9F2N3O2/c1-2-15-8-5-6(13-14-12)3-4-7(8)16-9(10)11/h3-5,9H,2H2,1H3. The topological polar surface area (TPSA) is 67.2 Å². The molecule has 0 aliphatic rings. The van der Waals surface area contributed by atoms with Gasteiger partial charge in [-0.2, -0.15) is 8.78 Å². The predicted molar refractivity (Wildman–Crippen MR) is 53.0 cm³/mol. The van der Waals surface area contributed by atoms with Gasteiger partial charge in [0.15, 0.2) is 11.5 Å². The summed E-state index contributed by atoms with van der Waals surface area (Å²) in [6.45, 7) is -0.935. The third-order valence-corrected chi connectivity index (χ3v) is 1.60. The second-order valence-electron chi connectivity index (χ2n) is 2.63. The lowest BCUT2D eigenvalue weighted by molar-refractivity contribution is -0.0514. The minimum atomic E-state index is -2.93. The van der Waals surface area contributed by atoms with Crippen LogP contribution < -0.4 is 9.47 Å². The van der Waals surface area contributed by atoms with Crippen molar-refractivity contribution in [2.24, 2.45) is 5.11 Å². The smallest absolute Gasteiger partial charge is 0.387 e. The van der Waals surface area contributed by atoms with Crippen LogP contribution in [0.4, 0.5) is 14.5 Å². The van der Waals surface area contributed by atoms with Crippen LogP contribution in [0.3, 0.4) is 0 Å². The number of benzene rings is 1. The monoisotopic (exact) mass is 229 g/mol. The molecule has 0 heterocycles. The van der Waals surface area contributed by atoms with E-state index >= 15 is 0 Å². The number of hydrogen-bond acceptors (Lipinski definition) is 3. The van der Waals surface area contributed by atoms with E-state index in [9.17, 15) is 8.78 Å². The van der Waals surface area contributed by atoms with E-state index in [4.69, 9.17) is 10.3 Å². The first-order chi connectivity index (χ1) is 7.67. The summed E-state index contributed by atoms with van der Waals surface area (Å²) < 4.78 is 33.4. The molecule has 0 bridgehead atoms. The van der Waals surface area contributed by atoms with Gasteiger partial charge in [0.1, 0.15) is 0 Å².